The molecule has 0 radical (unpaired) electrons. The third kappa shape index (κ3) is 3.77. The van der Waals surface area contributed by atoms with E-state index in [1.807, 2.05) is 0 Å². The molecule has 1 aliphatic carbocycles. The van der Waals surface area contributed by atoms with Gasteiger partial charge < -0.3 is 4.90 Å². The second-order valence-electron chi connectivity index (χ2n) is 8.91. The average molecular weight is 343 g/mol. The van der Waals surface area contributed by atoms with Crippen molar-refractivity contribution in [2.75, 3.05) is 25.9 Å². The van der Waals surface area contributed by atoms with E-state index in [1.54, 1.807) is 4.31 Å². The summed E-state index contributed by atoms with van der Waals surface area (Å²) in [7, 11) is -3.12. The summed E-state index contributed by atoms with van der Waals surface area (Å²) in [5.74, 6) is 0. The first-order chi connectivity index (χ1) is 10.7. The van der Waals surface area contributed by atoms with Crippen LogP contribution in [-0.2, 0) is 10.0 Å². The molecule has 5 heteroatoms. The van der Waals surface area contributed by atoms with Gasteiger partial charge in [0.05, 0.1) is 6.26 Å². The molecular formula is C18H34N2O2S. The van der Waals surface area contributed by atoms with Crippen molar-refractivity contribution in [1.29, 1.82) is 0 Å². The van der Waals surface area contributed by atoms with E-state index >= 15 is 0 Å². The fourth-order valence-corrected chi connectivity index (χ4v) is 6.57. The summed E-state index contributed by atoms with van der Waals surface area (Å²) in [4.78, 5) is 2.70. The molecule has 3 rings (SSSR count). The van der Waals surface area contributed by atoms with Crippen molar-refractivity contribution in [3.8, 4) is 0 Å². The number of hydrogen-bond donors (Lipinski definition) is 0. The molecule has 0 N–H and O–H groups in total. The van der Waals surface area contributed by atoms with Gasteiger partial charge in [0.25, 0.3) is 0 Å². The lowest BCUT2D eigenvalue weighted by Gasteiger charge is -2.53. The molecule has 0 unspecified atom stereocenters. The van der Waals surface area contributed by atoms with Crippen LogP contribution >= 0.6 is 0 Å². The van der Waals surface area contributed by atoms with Gasteiger partial charge in [0.2, 0.25) is 10.0 Å². The van der Waals surface area contributed by atoms with Crippen LogP contribution in [0.3, 0.4) is 0 Å². The number of rotatable bonds is 2. The number of hydrogen-bond acceptors (Lipinski definition) is 3. The van der Waals surface area contributed by atoms with E-state index in [1.165, 1.54) is 70.7 Å². The minimum absolute atomic E-state index is 0.223. The Morgan fingerprint density at radius 3 is 2.09 bits per heavy atom. The zero-order valence-corrected chi connectivity index (χ0v) is 16.0. The van der Waals surface area contributed by atoms with Gasteiger partial charge in [0.1, 0.15) is 0 Å². The maximum atomic E-state index is 12.3. The van der Waals surface area contributed by atoms with E-state index in [-0.39, 0.29) is 11.0 Å². The van der Waals surface area contributed by atoms with Crippen LogP contribution in [0, 0.1) is 5.41 Å². The summed E-state index contributed by atoms with van der Waals surface area (Å²) in [6, 6.07) is 0.798. The lowest BCUT2D eigenvalue weighted by molar-refractivity contribution is -0.00776. The number of nitrogens with zero attached hydrogens (tertiary/aromatic N) is 2. The van der Waals surface area contributed by atoms with Gasteiger partial charge in [-0.25, -0.2) is 8.42 Å². The van der Waals surface area contributed by atoms with E-state index in [9.17, 15) is 8.42 Å². The first-order valence-corrected chi connectivity index (χ1v) is 11.3. The monoisotopic (exact) mass is 342 g/mol. The molecule has 2 heterocycles. The van der Waals surface area contributed by atoms with Gasteiger partial charge in [0, 0.05) is 18.1 Å². The summed E-state index contributed by atoms with van der Waals surface area (Å²) in [5.41, 5.74) is 0.00308. The van der Waals surface area contributed by atoms with Crippen molar-refractivity contribution in [3.63, 3.8) is 0 Å². The van der Waals surface area contributed by atoms with E-state index in [0.29, 0.717) is 0 Å². The maximum Gasteiger partial charge on any atom is 0.211 e. The van der Waals surface area contributed by atoms with Crippen molar-refractivity contribution in [2.45, 2.75) is 83.2 Å². The minimum atomic E-state index is -3.12. The smallest absolute Gasteiger partial charge is 0.211 e. The van der Waals surface area contributed by atoms with Crippen LogP contribution in [-0.4, -0.2) is 55.1 Å². The summed E-state index contributed by atoms with van der Waals surface area (Å²) in [6.45, 7) is 7.23. The molecular weight excluding hydrogens is 308 g/mol. The third-order valence-electron chi connectivity index (χ3n) is 6.77. The fraction of sp³-hybridized carbons (Fsp3) is 1.00. The topological polar surface area (TPSA) is 40.6 Å². The number of likely N-dealkylation sites (tertiary alicyclic amines) is 1. The Labute approximate surface area is 142 Å². The third-order valence-corrected chi connectivity index (χ3v) is 8.20. The molecule has 0 aromatic carbocycles. The molecule has 4 nitrogen and oxygen atoms in total. The van der Waals surface area contributed by atoms with Crippen molar-refractivity contribution in [1.82, 2.24) is 9.21 Å². The normalized spacial score (nSPS) is 30.6. The standard InChI is InChI=1S/C18H34N2O2S/c1-17(2)9-10-18(15-20(17)23(3,21)22)11-13-19(14-12-18)16-7-5-4-6-8-16/h16H,4-15H2,1-3H3. The molecule has 0 aromatic rings. The SMILES string of the molecule is CC1(C)CCC2(CCN(C3CCCCC3)CC2)CN1S(C)(=O)=O. The molecule has 134 valence electrons. The van der Waals surface area contributed by atoms with Gasteiger partial charge in [-0.05, 0) is 70.9 Å². The second kappa shape index (κ2) is 6.30. The van der Waals surface area contributed by atoms with Crippen molar-refractivity contribution in [2.24, 2.45) is 5.41 Å². The molecule has 2 saturated heterocycles. The lowest BCUT2D eigenvalue weighted by Crippen LogP contribution is -2.59. The Morgan fingerprint density at radius 2 is 1.52 bits per heavy atom. The fourth-order valence-electron chi connectivity index (χ4n) is 5.08. The first-order valence-electron chi connectivity index (χ1n) is 9.44. The average Bonchev–Trinajstić information content (AvgIpc) is 2.51. The Hall–Kier alpha value is -0.130. The molecule has 0 aromatic heterocycles. The van der Waals surface area contributed by atoms with E-state index in [0.717, 1.165) is 19.0 Å². The predicted molar refractivity (Wildman–Crippen MR) is 95.0 cm³/mol. The highest BCUT2D eigenvalue weighted by molar-refractivity contribution is 7.88. The van der Waals surface area contributed by atoms with Gasteiger partial charge in [-0.1, -0.05) is 19.3 Å². The van der Waals surface area contributed by atoms with Crippen molar-refractivity contribution in [3.05, 3.63) is 0 Å². The lowest BCUT2D eigenvalue weighted by atomic mass is 9.69. The van der Waals surface area contributed by atoms with Gasteiger partial charge in [-0.15, -0.1) is 0 Å². The van der Waals surface area contributed by atoms with Gasteiger partial charge in [-0.2, -0.15) is 4.31 Å². The summed E-state index contributed by atoms with van der Waals surface area (Å²) < 4.78 is 26.3. The summed E-state index contributed by atoms with van der Waals surface area (Å²) in [5, 5.41) is 0. The molecule has 3 fully saturated rings. The van der Waals surface area contributed by atoms with Crippen LogP contribution < -0.4 is 0 Å². The summed E-state index contributed by atoms with van der Waals surface area (Å²) in [6.07, 6.45) is 12.8. The van der Waals surface area contributed by atoms with Crippen LogP contribution in [0.25, 0.3) is 0 Å². The van der Waals surface area contributed by atoms with Gasteiger partial charge in [0.15, 0.2) is 0 Å². The molecule has 0 atom stereocenters. The molecule has 1 saturated carbocycles. The van der Waals surface area contributed by atoms with Gasteiger partial charge >= 0.3 is 0 Å². The van der Waals surface area contributed by atoms with E-state index < -0.39 is 10.0 Å². The molecule has 0 bridgehead atoms. The van der Waals surface area contributed by atoms with Crippen LogP contribution in [0.4, 0.5) is 0 Å². The highest BCUT2D eigenvalue weighted by Crippen LogP contribution is 2.46. The zero-order chi connectivity index (χ0) is 16.7. The Balaban J connectivity index is 1.65. The Kier molecular flexibility index (Phi) is 4.85. The summed E-state index contributed by atoms with van der Waals surface area (Å²) >= 11 is 0. The van der Waals surface area contributed by atoms with Crippen LogP contribution in [0.1, 0.15) is 71.6 Å². The number of piperidine rings is 2. The minimum Gasteiger partial charge on any atom is -0.300 e. The van der Waals surface area contributed by atoms with Gasteiger partial charge in [-0.3, -0.25) is 0 Å². The predicted octanol–water partition coefficient (Wildman–Crippen LogP) is 3.24. The zero-order valence-electron chi connectivity index (χ0n) is 15.2. The van der Waals surface area contributed by atoms with Crippen molar-refractivity contribution >= 4 is 10.0 Å². The van der Waals surface area contributed by atoms with Crippen LogP contribution in [0.15, 0.2) is 0 Å². The molecule has 3 aliphatic rings. The number of sulfonamides is 1. The Bertz CT molecular complexity index is 515. The van der Waals surface area contributed by atoms with Crippen LogP contribution in [0.5, 0.6) is 0 Å². The first kappa shape index (κ1) is 17.7. The van der Waals surface area contributed by atoms with E-state index in [2.05, 4.69) is 18.7 Å². The second-order valence-corrected chi connectivity index (χ2v) is 10.8. The quantitative estimate of drug-likeness (QED) is 0.773. The van der Waals surface area contributed by atoms with Crippen molar-refractivity contribution < 1.29 is 8.42 Å². The largest absolute Gasteiger partial charge is 0.300 e. The highest BCUT2D eigenvalue weighted by atomic mass is 32.2. The van der Waals surface area contributed by atoms with Crippen LogP contribution in [0.2, 0.25) is 0 Å². The van der Waals surface area contributed by atoms with E-state index in [4.69, 9.17) is 0 Å². The molecule has 1 spiro atoms. The highest BCUT2D eigenvalue weighted by Gasteiger charge is 2.48. The molecule has 2 aliphatic heterocycles. The molecule has 0 amide bonds. The maximum absolute atomic E-state index is 12.3. The molecule has 23 heavy (non-hydrogen) atoms. The Morgan fingerprint density at radius 1 is 0.913 bits per heavy atom.